The number of likely N-dealkylation sites (N-methyl/N-ethyl adjacent to an activating group) is 1. The third-order valence-corrected chi connectivity index (χ3v) is 8.52. The molecule has 1 aromatic rings. The van der Waals surface area contributed by atoms with Crippen LogP contribution in [0.25, 0.3) is 5.76 Å². The molecule has 0 heterocycles. The van der Waals surface area contributed by atoms with E-state index in [9.17, 15) is 48.0 Å². The minimum atomic E-state index is -4.34. The third kappa shape index (κ3) is 6.28. The number of carbonyl (C=O) groups is 3. The number of nitrogens with two attached hydrogens (primary N) is 1. The summed E-state index contributed by atoms with van der Waals surface area (Å²) in [6, 6.07) is 0.779. The summed E-state index contributed by atoms with van der Waals surface area (Å²) in [4.78, 5) is 42.1. The van der Waals surface area contributed by atoms with Crippen molar-refractivity contribution in [2.45, 2.75) is 63.3 Å². The molecule has 0 aromatic heterocycles. The summed E-state index contributed by atoms with van der Waals surface area (Å²) < 4.78 is 38.6. The van der Waals surface area contributed by atoms with Gasteiger partial charge in [-0.15, -0.1) is 0 Å². The Morgan fingerprint density at radius 2 is 1.81 bits per heavy atom. The molecule has 0 spiro atoms. The molecule has 234 valence electrons. The van der Waals surface area contributed by atoms with Gasteiger partial charge in [0.05, 0.1) is 18.6 Å². The van der Waals surface area contributed by atoms with Gasteiger partial charge in [-0.1, -0.05) is 6.92 Å². The van der Waals surface area contributed by atoms with Crippen LogP contribution in [-0.4, -0.2) is 95.4 Å². The average molecular weight is 600 g/mol. The van der Waals surface area contributed by atoms with Crippen LogP contribution < -0.4 is 10.6 Å². The minimum absolute atomic E-state index is 0.0285. The van der Waals surface area contributed by atoms with Gasteiger partial charge >= 0.3 is 6.18 Å². The normalized spacial score (nSPS) is 23.8. The van der Waals surface area contributed by atoms with E-state index in [-0.39, 0.29) is 42.4 Å². The van der Waals surface area contributed by atoms with Crippen LogP contribution in [0.5, 0.6) is 5.75 Å². The highest BCUT2D eigenvalue weighted by Gasteiger charge is 2.60. The lowest BCUT2D eigenvalue weighted by Gasteiger charge is -2.47. The first kappa shape index (κ1) is 33.3. The van der Waals surface area contributed by atoms with Crippen molar-refractivity contribution >= 4 is 28.9 Å². The lowest BCUT2D eigenvalue weighted by Crippen LogP contribution is -2.64. The first-order chi connectivity index (χ1) is 19.3. The number of nitrogens with zero attached hydrogens (tertiary/aromatic N) is 2. The van der Waals surface area contributed by atoms with Crippen molar-refractivity contribution in [3.8, 4) is 5.75 Å². The molecule has 1 saturated carbocycles. The van der Waals surface area contributed by atoms with E-state index in [1.54, 1.807) is 44.1 Å². The van der Waals surface area contributed by atoms with Gasteiger partial charge in [-0.2, -0.15) is 13.2 Å². The van der Waals surface area contributed by atoms with E-state index in [4.69, 9.17) is 5.73 Å². The van der Waals surface area contributed by atoms with Crippen molar-refractivity contribution in [2.24, 2.45) is 23.5 Å². The van der Waals surface area contributed by atoms with Crippen LogP contribution in [-0.2, 0) is 27.2 Å². The number of hydrogen-bond donors (Lipinski definition) is 5. The molecule has 1 unspecified atom stereocenters. The number of phenols is 1. The second-order valence-electron chi connectivity index (χ2n) is 12.0. The first-order valence-electron chi connectivity index (χ1n) is 13.8. The summed E-state index contributed by atoms with van der Waals surface area (Å²) >= 11 is 0. The van der Waals surface area contributed by atoms with Gasteiger partial charge in [0, 0.05) is 43.7 Å². The van der Waals surface area contributed by atoms with Crippen molar-refractivity contribution in [1.29, 1.82) is 0 Å². The molecule has 0 radical (unpaired) electrons. The molecule has 1 fully saturated rings. The molecule has 3 rings (SSSR count). The molecule has 2 aliphatic rings. The van der Waals surface area contributed by atoms with Crippen LogP contribution in [0.4, 0.5) is 18.9 Å². The number of hydrogen-bond acceptors (Lipinski definition) is 9. The smallest absolute Gasteiger partial charge is 0.389 e. The number of anilines is 1. The van der Waals surface area contributed by atoms with Gasteiger partial charge in [0.15, 0.2) is 11.4 Å². The lowest BCUT2D eigenvalue weighted by molar-refractivity contribution is -0.163. The van der Waals surface area contributed by atoms with E-state index in [1.165, 1.54) is 6.92 Å². The maximum Gasteiger partial charge on any atom is 0.389 e. The van der Waals surface area contributed by atoms with Crippen LogP contribution in [0.15, 0.2) is 11.6 Å². The number of halogens is 3. The molecule has 1 amide bonds. The third-order valence-electron chi connectivity index (χ3n) is 8.52. The minimum Gasteiger partial charge on any atom is -0.507 e. The Morgan fingerprint density at radius 3 is 2.31 bits per heavy atom. The number of aliphatic hydroxyl groups excluding tert-OH is 2. The summed E-state index contributed by atoms with van der Waals surface area (Å²) in [5.41, 5.74) is 3.36. The Kier molecular flexibility index (Phi) is 9.70. The summed E-state index contributed by atoms with van der Waals surface area (Å²) in [5, 5.41) is 44.6. The van der Waals surface area contributed by atoms with Crippen LogP contribution in [0.1, 0.15) is 49.3 Å². The fraction of sp³-hybridized carbons (Fsp3) is 0.621. The maximum atomic E-state index is 14.0. The van der Waals surface area contributed by atoms with Crippen LogP contribution in [0, 0.1) is 17.8 Å². The molecule has 42 heavy (non-hydrogen) atoms. The molecule has 2 aliphatic carbocycles. The number of alkyl halides is 3. The maximum absolute atomic E-state index is 14.0. The van der Waals surface area contributed by atoms with Crippen molar-refractivity contribution < 1.29 is 48.0 Å². The molecule has 0 aliphatic heterocycles. The number of aryl methyl sites for hydroxylation is 1. The van der Waals surface area contributed by atoms with Crippen LogP contribution >= 0.6 is 0 Å². The molecule has 1 aromatic carbocycles. The predicted octanol–water partition coefficient (Wildman–Crippen LogP) is 2.11. The monoisotopic (exact) mass is 599 g/mol. The number of Topliss-reactive ketones (excluding diaryl/α,β-unsaturated/α-hetero) is 2. The fourth-order valence-electron chi connectivity index (χ4n) is 6.44. The highest BCUT2D eigenvalue weighted by molar-refractivity contribution is 6.23. The zero-order valence-corrected chi connectivity index (χ0v) is 24.5. The summed E-state index contributed by atoms with van der Waals surface area (Å²) in [6.45, 7) is 0.930. The Labute approximate surface area is 242 Å². The number of carbonyl (C=O) groups excluding carboxylic acids is 3. The number of ketones is 2. The second kappa shape index (κ2) is 12.2. The van der Waals surface area contributed by atoms with E-state index in [2.05, 4.69) is 0 Å². The van der Waals surface area contributed by atoms with Gasteiger partial charge in [0.1, 0.15) is 11.5 Å². The van der Waals surface area contributed by atoms with Crippen molar-refractivity contribution in [1.82, 2.24) is 4.90 Å². The highest BCUT2D eigenvalue weighted by atomic mass is 19.4. The van der Waals surface area contributed by atoms with Crippen molar-refractivity contribution in [2.75, 3.05) is 39.7 Å². The number of aromatic hydroxyl groups is 1. The van der Waals surface area contributed by atoms with Gasteiger partial charge in [-0.3, -0.25) is 14.4 Å². The number of primary amides is 1. The van der Waals surface area contributed by atoms with E-state index in [0.29, 0.717) is 11.3 Å². The SMILES string of the molecule is CC(CCc1cc(N(C)C)c2c(c1O)C(O)=C1C(=O)[C@](O)(C(=O)CC(N)=O)[C@H]([C@@H](CO)N(C)C)C[C@@H]1C2)CC(F)(F)F. The summed E-state index contributed by atoms with van der Waals surface area (Å²) in [6.07, 6.45) is -6.04. The standard InChI is InChI=1S/C29H40F3N3O7/c1-14(12-28(30,31)32)6-7-15-10-19(34(2)3)17-8-16-9-18(20(13-36)35(4)5)29(42,21(37)11-22(33)38)27(41)23(16)26(40)24(17)25(15)39/h10,14,16,18,20,36,39-40,42H,6-9,11-13H2,1-5H3,(H2,33,38)/t14?,16-,18-,20+,29+/m0/s1. The van der Waals surface area contributed by atoms with Crippen molar-refractivity contribution in [3.63, 3.8) is 0 Å². The molecule has 0 bridgehead atoms. The van der Waals surface area contributed by atoms with Gasteiger partial charge in [-0.25, -0.2) is 0 Å². The summed E-state index contributed by atoms with van der Waals surface area (Å²) in [5.74, 6) is -7.05. The number of phenolic OH excluding ortho intramolecular Hbond substituents is 1. The highest BCUT2D eigenvalue weighted by Crippen LogP contribution is 2.51. The Morgan fingerprint density at radius 1 is 1.19 bits per heavy atom. The Balaban J connectivity index is 2.19. The Hall–Kier alpha value is -3.16. The predicted molar refractivity (Wildman–Crippen MR) is 149 cm³/mol. The molecular formula is C29H40F3N3O7. The number of benzene rings is 1. The number of amides is 1. The molecule has 10 nitrogen and oxygen atoms in total. The lowest BCUT2D eigenvalue weighted by atomic mass is 9.59. The topological polar surface area (TPSA) is 165 Å². The van der Waals surface area contributed by atoms with Crippen molar-refractivity contribution in [3.05, 3.63) is 28.3 Å². The molecular weight excluding hydrogens is 559 g/mol. The van der Waals surface area contributed by atoms with Gasteiger partial charge in [0.25, 0.3) is 0 Å². The first-order valence-corrected chi connectivity index (χ1v) is 13.8. The van der Waals surface area contributed by atoms with E-state index < -0.39 is 84.0 Å². The molecule has 5 atom stereocenters. The van der Waals surface area contributed by atoms with E-state index in [0.717, 1.165) is 0 Å². The number of fused-ring (bicyclic) bond motifs is 2. The van der Waals surface area contributed by atoms with Gasteiger partial charge in [0.2, 0.25) is 11.7 Å². The van der Waals surface area contributed by atoms with Crippen LogP contribution in [0.2, 0.25) is 0 Å². The molecule has 13 heteroatoms. The van der Waals surface area contributed by atoms with Gasteiger partial charge < -0.3 is 36.0 Å². The number of aliphatic hydroxyl groups is 3. The van der Waals surface area contributed by atoms with Crippen LogP contribution in [0.3, 0.4) is 0 Å². The average Bonchev–Trinajstić information content (AvgIpc) is 2.84. The largest absolute Gasteiger partial charge is 0.507 e. The molecule has 6 N–H and O–H groups in total. The fourth-order valence-corrected chi connectivity index (χ4v) is 6.44. The molecule has 0 saturated heterocycles. The zero-order chi connectivity index (χ0) is 31.9. The summed E-state index contributed by atoms with van der Waals surface area (Å²) in [7, 11) is 6.65. The quantitative estimate of drug-likeness (QED) is 0.240. The number of rotatable bonds is 11. The van der Waals surface area contributed by atoms with E-state index in [1.807, 2.05) is 0 Å². The van der Waals surface area contributed by atoms with Gasteiger partial charge in [-0.05, 0) is 68.8 Å². The second-order valence-corrected chi connectivity index (χ2v) is 12.0. The van der Waals surface area contributed by atoms with E-state index >= 15 is 0 Å². The zero-order valence-electron chi connectivity index (χ0n) is 24.5. The Bertz CT molecular complexity index is 1280.